The van der Waals surface area contributed by atoms with Gasteiger partial charge in [-0.3, -0.25) is 4.79 Å². The second-order valence-corrected chi connectivity index (χ2v) is 4.62. The number of halogens is 1. The third-order valence-electron chi connectivity index (χ3n) is 2.50. The number of carbonyl (C=O) groups is 1. The number of carbonyl (C=O) groups excluding carboxylic acids is 1. The Morgan fingerprint density at radius 1 is 1.50 bits per heavy atom. The molecule has 1 atom stereocenters. The lowest BCUT2D eigenvalue weighted by Gasteiger charge is -2.23. The number of hydrogen-bond donors (Lipinski definition) is 0. The maximum absolute atomic E-state index is 10.6. The van der Waals surface area contributed by atoms with E-state index >= 15 is 0 Å². The molecule has 0 aliphatic carbocycles. The SMILES string of the molecule is O=Cc1ccc(OC2CCCOC2)c(Br)c1. The van der Waals surface area contributed by atoms with Gasteiger partial charge >= 0.3 is 0 Å². The van der Waals surface area contributed by atoms with Crippen LogP contribution in [-0.4, -0.2) is 25.6 Å². The minimum atomic E-state index is 0.118. The summed E-state index contributed by atoms with van der Waals surface area (Å²) in [5.74, 6) is 0.765. The van der Waals surface area contributed by atoms with Gasteiger partial charge in [0.05, 0.1) is 11.1 Å². The van der Waals surface area contributed by atoms with Gasteiger partial charge in [0.25, 0.3) is 0 Å². The number of rotatable bonds is 3. The molecule has 1 saturated heterocycles. The fourth-order valence-electron chi connectivity index (χ4n) is 1.67. The first-order valence-electron chi connectivity index (χ1n) is 5.29. The average molecular weight is 285 g/mol. The van der Waals surface area contributed by atoms with Crippen molar-refractivity contribution in [2.24, 2.45) is 0 Å². The first-order chi connectivity index (χ1) is 7.79. The predicted molar refractivity (Wildman–Crippen MR) is 64.0 cm³/mol. The van der Waals surface area contributed by atoms with Crippen LogP contribution >= 0.6 is 15.9 Å². The minimum Gasteiger partial charge on any atom is -0.487 e. The summed E-state index contributed by atoms with van der Waals surface area (Å²) in [7, 11) is 0. The molecule has 1 aliphatic rings. The molecule has 0 amide bonds. The van der Waals surface area contributed by atoms with Crippen molar-refractivity contribution in [3.63, 3.8) is 0 Å². The Hall–Kier alpha value is -0.870. The van der Waals surface area contributed by atoms with Gasteiger partial charge in [-0.05, 0) is 47.0 Å². The summed E-state index contributed by atoms with van der Waals surface area (Å²) in [6, 6.07) is 5.31. The van der Waals surface area contributed by atoms with Crippen molar-refractivity contribution >= 4 is 22.2 Å². The largest absolute Gasteiger partial charge is 0.487 e. The molecule has 0 bridgehead atoms. The highest BCUT2D eigenvalue weighted by Gasteiger charge is 2.16. The van der Waals surface area contributed by atoms with E-state index in [9.17, 15) is 4.79 Å². The molecule has 1 aliphatic heterocycles. The molecule has 1 heterocycles. The van der Waals surface area contributed by atoms with Crippen LogP contribution in [0.2, 0.25) is 0 Å². The van der Waals surface area contributed by atoms with Crippen LogP contribution in [0.4, 0.5) is 0 Å². The van der Waals surface area contributed by atoms with E-state index in [1.165, 1.54) is 0 Å². The van der Waals surface area contributed by atoms with Gasteiger partial charge in [0, 0.05) is 12.2 Å². The summed E-state index contributed by atoms with van der Waals surface area (Å²) < 4.78 is 11.9. The highest BCUT2D eigenvalue weighted by molar-refractivity contribution is 9.10. The van der Waals surface area contributed by atoms with Crippen LogP contribution in [0, 0.1) is 0 Å². The van der Waals surface area contributed by atoms with Crippen LogP contribution in [0.1, 0.15) is 23.2 Å². The van der Waals surface area contributed by atoms with Crippen LogP contribution in [0.5, 0.6) is 5.75 Å². The number of benzene rings is 1. The van der Waals surface area contributed by atoms with Crippen molar-refractivity contribution < 1.29 is 14.3 Å². The molecule has 0 radical (unpaired) electrons. The first kappa shape index (κ1) is 11.6. The molecule has 1 unspecified atom stereocenters. The van der Waals surface area contributed by atoms with Gasteiger partial charge in [0.2, 0.25) is 0 Å². The van der Waals surface area contributed by atoms with Crippen molar-refractivity contribution in [1.82, 2.24) is 0 Å². The number of ether oxygens (including phenoxy) is 2. The molecule has 0 N–H and O–H groups in total. The maximum Gasteiger partial charge on any atom is 0.150 e. The lowest BCUT2D eigenvalue weighted by atomic mass is 10.1. The fraction of sp³-hybridized carbons (Fsp3) is 0.417. The Labute approximate surface area is 103 Å². The molecule has 4 heteroatoms. The smallest absolute Gasteiger partial charge is 0.150 e. The van der Waals surface area contributed by atoms with Crippen molar-refractivity contribution in [3.05, 3.63) is 28.2 Å². The Balaban J connectivity index is 2.05. The quantitative estimate of drug-likeness (QED) is 0.801. The van der Waals surface area contributed by atoms with Crippen molar-refractivity contribution in [1.29, 1.82) is 0 Å². The van der Waals surface area contributed by atoms with E-state index in [2.05, 4.69) is 15.9 Å². The zero-order chi connectivity index (χ0) is 11.4. The molecule has 16 heavy (non-hydrogen) atoms. The Kier molecular flexibility index (Phi) is 3.96. The molecule has 1 fully saturated rings. The normalized spacial score (nSPS) is 20.4. The standard InChI is InChI=1S/C12H13BrO3/c13-11-6-9(7-14)3-4-12(11)16-10-2-1-5-15-8-10/h3-4,6-7,10H,1-2,5,8H2. The molecular weight excluding hydrogens is 272 g/mol. The van der Waals surface area contributed by atoms with Gasteiger partial charge in [-0.25, -0.2) is 0 Å². The van der Waals surface area contributed by atoms with Crippen LogP contribution in [-0.2, 0) is 4.74 Å². The summed E-state index contributed by atoms with van der Waals surface area (Å²) >= 11 is 3.39. The summed E-state index contributed by atoms with van der Waals surface area (Å²) in [4.78, 5) is 10.6. The Morgan fingerprint density at radius 3 is 3.00 bits per heavy atom. The Bertz CT molecular complexity index is 373. The summed E-state index contributed by atoms with van der Waals surface area (Å²) in [6.07, 6.45) is 2.99. The highest BCUT2D eigenvalue weighted by Crippen LogP contribution is 2.27. The molecule has 86 valence electrons. The van der Waals surface area contributed by atoms with E-state index in [0.717, 1.165) is 36.0 Å². The van der Waals surface area contributed by atoms with Crippen LogP contribution in [0.25, 0.3) is 0 Å². The maximum atomic E-state index is 10.6. The third-order valence-corrected chi connectivity index (χ3v) is 3.12. The molecular formula is C12H13BrO3. The monoisotopic (exact) mass is 284 g/mol. The second kappa shape index (κ2) is 5.46. The molecule has 2 rings (SSSR count). The van der Waals surface area contributed by atoms with Gasteiger partial charge in [-0.1, -0.05) is 0 Å². The van der Waals surface area contributed by atoms with Crippen LogP contribution < -0.4 is 4.74 Å². The van der Waals surface area contributed by atoms with E-state index in [1.54, 1.807) is 12.1 Å². The third kappa shape index (κ3) is 2.83. The fourth-order valence-corrected chi connectivity index (χ4v) is 2.16. The van der Waals surface area contributed by atoms with Gasteiger partial charge in [0.15, 0.2) is 0 Å². The van der Waals surface area contributed by atoms with E-state index in [4.69, 9.17) is 9.47 Å². The van der Waals surface area contributed by atoms with Crippen LogP contribution in [0.3, 0.4) is 0 Å². The van der Waals surface area contributed by atoms with Crippen LogP contribution in [0.15, 0.2) is 22.7 Å². The lowest BCUT2D eigenvalue weighted by molar-refractivity contribution is 0.00711. The summed E-state index contributed by atoms with van der Waals surface area (Å²) in [6.45, 7) is 1.47. The Morgan fingerprint density at radius 2 is 2.38 bits per heavy atom. The summed E-state index contributed by atoms with van der Waals surface area (Å²) in [5, 5.41) is 0. The number of hydrogen-bond acceptors (Lipinski definition) is 3. The number of aldehydes is 1. The molecule has 0 aromatic heterocycles. The predicted octanol–water partition coefficient (Wildman–Crippen LogP) is 2.82. The molecule has 0 saturated carbocycles. The second-order valence-electron chi connectivity index (χ2n) is 3.76. The van der Waals surface area contributed by atoms with E-state index < -0.39 is 0 Å². The van der Waals surface area contributed by atoms with E-state index in [-0.39, 0.29) is 6.10 Å². The first-order valence-corrected chi connectivity index (χ1v) is 6.08. The zero-order valence-corrected chi connectivity index (χ0v) is 10.4. The molecule has 0 spiro atoms. The molecule has 3 nitrogen and oxygen atoms in total. The average Bonchev–Trinajstić information content (AvgIpc) is 2.33. The molecule has 1 aromatic rings. The van der Waals surface area contributed by atoms with Crippen molar-refractivity contribution in [3.8, 4) is 5.75 Å². The summed E-state index contributed by atoms with van der Waals surface area (Å²) in [5.41, 5.74) is 0.638. The van der Waals surface area contributed by atoms with Crippen molar-refractivity contribution in [2.45, 2.75) is 18.9 Å². The van der Waals surface area contributed by atoms with Gasteiger partial charge in [-0.15, -0.1) is 0 Å². The highest BCUT2D eigenvalue weighted by atomic mass is 79.9. The van der Waals surface area contributed by atoms with Gasteiger partial charge in [-0.2, -0.15) is 0 Å². The lowest BCUT2D eigenvalue weighted by Crippen LogP contribution is -2.28. The zero-order valence-electron chi connectivity index (χ0n) is 8.82. The minimum absolute atomic E-state index is 0.118. The van der Waals surface area contributed by atoms with Gasteiger partial charge in [0.1, 0.15) is 18.1 Å². The molecule has 1 aromatic carbocycles. The van der Waals surface area contributed by atoms with Gasteiger partial charge < -0.3 is 9.47 Å². The van der Waals surface area contributed by atoms with E-state index in [1.807, 2.05) is 6.07 Å². The topological polar surface area (TPSA) is 35.5 Å². The van der Waals surface area contributed by atoms with E-state index in [0.29, 0.717) is 12.2 Å². The van der Waals surface area contributed by atoms with Crippen molar-refractivity contribution in [2.75, 3.05) is 13.2 Å².